The number of fused-ring (bicyclic) bond motifs is 1. The van der Waals surface area contributed by atoms with Gasteiger partial charge < -0.3 is 15.4 Å². The molecule has 0 radical (unpaired) electrons. The van der Waals surface area contributed by atoms with E-state index in [0.717, 1.165) is 10.8 Å². The first-order chi connectivity index (χ1) is 9.29. The molecule has 0 saturated carbocycles. The zero-order valence-corrected chi connectivity index (χ0v) is 10.0. The Bertz CT molecular complexity index is 705. The zero-order chi connectivity index (χ0) is 13.2. The van der Waals surface area contributed by atoms with Gasteiger partial charge in [-0.1, -0.05) is 29.4 Å². The second kappa shape index (κ2) is 4.75. The maximum Gasteiger partial charge on any atom is 0.277 e. The van der Waals surface area contributed by atoms with Gasteiger partial charge in [0.05, 0.1) is 12.6 Å². The number of aliphatic hydroxyl groups is 1. The molecule has 1 unspecified atom stereocenters. The van der Waals surface area contributed by atoms with E-state index in [-0.39, 0.29) is 12.4 Å². The molecule has 3 aromatic rings. The van der Waals surface area contributed by atoms with Crippen LogP contribution in [0.4, 0.5) is 0 Å². The number of hydrogen-bond acceptors (Lipinski definition) is 6. The van der Waals surface area contributed by atoms with Crippen LogP contribution in [-0.2, 0) is 0 Å². The van der Waals surface area contributed by atoms with Crippen LogP contribution in [0.25, 0.3) is 22.4 Å². The van der Waals surface area contributed by atoms with E-state index in [1.807, 2.05) is 30.3 Å². The fourth-order valence-electron chi connectivity index (χ4n) is 1.85. The molecule has 0 saturated heterocycles. The van der Waals surface area contributed by atoms with Crippen LogP contribution < -0.4 is 5.73 Å². The highest BCUT2D eigenvalue weighted by Crippen LogP contribution is 2.25. The lowest BCUT2D eigenvalue weighted by Gasteiger charge is -2.01. The van der Waals surface area contributed by atoms with Gasteiger partial charge in [0.15, 0.2) is 5.82 Å². The molecule has 0 aliphatic heterocycles. The highest BCUT2D eigenvalue weighted by atomic mass is 16.5. The quantitative estimate of drug-likeness (QED) is 0.732. The summed E-state index contributed by atoms with van der Waals surface area (Å²) < 4.78 is 5.17. The summed E-state index contributed by atoms with van der Waals surface area (Å²) in [5, 5.41) is 14.7. The average molecular weight is 256 g/mol. The summed E-state index contributed by atoms with van der Waals surface area (Å²) in [7, 11) is 0. The summed E-state index contributed by atoms with van der Waals surface area (Å²) in [5.41, 5.74) is 6.26. The smallest absolute Gasteiger partial charge is 0.277 e. The Morgan fingerprint density at radius 3 is 2.95 bits per heavy atom. The highest BCUT2D eigenvalue weighted by molar-refractivity contribution is 5.92. The second-order valence-electron chi connectivity index (χ2n) is 4.13. The Balaban J connectivity index is 2.12. The second-order valence-corrected chi connectivity index (χ2v) is 4.13. The molecule has 2 heterocycles. The molecule has 19 heavy (non-hydrogen) atoms. The molecule has 0 aliphatic rings. The number of rotatable bonds is 3. The summed E-state index contributed by atoms with van der Waals surface area (Å²) in [5.74, 6) is 0.572. The Morgan fingerprint density at radius 1 is 1.26 bits per heavy atom. The van der Waals surface area contributed by atoms with Crippen molar-refractivity contribution < 1.29 is 9.63 Å². The molecule has 6 heteroatoms. The first kappa shape index (κ1) is 11.8. The number of hydrogen-bond donors (Lipinski definition) is 2. The molecule has 0 spiro atoms. The van der Waals surface area contributed by atoms with Crippen molar-refractivity contribution in [2.45, 2.75) is 6.04 Å². The lowest BCUT2D eigenvalue weighted by Crippen LogP contribution is -2.15. The van der Waals surface area contributed by atoms with E-state index in [2.05, 4.69) is 15.1 Å². The molecule has 1 atom stereocenters. The monoisotopic (exact) mass is 256 g/mol. The van der Waals surface area contributed by atoms with Crippen molar-refractivity contribution >= 4 is 10.8 Å². The van der Waals surface area contributed by atoms with Gasteiger partial charge in [-0.15, -0.1) is 0 Å². The van der Waals surface area contributed by atoms with Crippen molar-refractivity contribution in [2.75, 3.05) is 6.61 Å². The van der Waals surface area contributed by atoms with Crippen molar-refractivity contribution in [3.63, 3.8) is 0 Å². The Labute approximate surface area is 108 Å². The Kier molecular flexibility index (Phi) is 2.94. The number of aliphatic hydroxyl groups excluding tert-OH is 1. The van der Waals surface area contributed by atoms with E-state index in [9.17, 15) is 0 Å². The molecule has 3 N–H and O–H groups in total. The maximum atomic E-state index is 8.98. The molecule has 0 bridgehead atoms. The van der Waals surface area contributed by atoms with Crippen LogP contribution >= 0.6 is 0 Å². The number of pyridine rings is 1. The van der Waals surface area contributed by atoms with Gasteiger partial charge in [-0.25, -0.2) is 0 Å². The first-order valence-corrected chi connectivity index (χ1v) is 5.84. The van der Waals surface area contributed by atoms with Gasteiger partial charge in [-0.2, -0.15) is 4.98 Å². The van der Waals surface area contributed by atoms with Gasteiger partial charge in [0, 0.05) is 11.6 Å². The normalized spacial score (nSPS) is 12.7. The standard InChI is InChI=1S/C13H12N4O2/c14-10(7-18)12-16-13(19-17-12)11-9-4-2-1-3-8(9)5-6-15-11/h1-6,10,18H,7,14H2. The molecular weight excluding hydrogens is 244 g/mol. The average Bonchev–Trinajstić information content (AvgIpc) is 2.95. The summed E-state index contributed by atoms with van der Waals surface area (Å²) in [4.78, 5) is 8.45. The van der Waals surface area contributed by atoms with Crippen molar-refractivity contribution in [1.82, 2.24) is 15.1 Å². The number of nitrogens with two attached hydrogens (primary N) is 1. The molecule has 1 aromatic carbocycles. The largest absolute Gasteiger partial charge is 0.394 e. The van der Waals surface area contributed by atoms with Gasteiger partial charge >= 0.3 is 0 Å². The summed E-state index contributed by atoms with van der Waals surface area (Å²) in [6, 6.07) is 9.06. The fraction of sp³-hybridized carbons (Fsp3) is 0.154. The maximum absolute atomic E-state index is 8.98. The predicted octanol–water partition coefficient (Wildman–Crippen LogP) is 1.28. The third-order valence-electron chi connectivity index (χ3n) is 2.85. The summed E-state index contributed by atoms with van der Waals surface area (Å²) in [6.45, 7) is -0.234. The third-order valence-corrected chi connectivity index (χ3v) is 2.85. The third kappa shape index (κ3) is 2.07. The van der Waals surface area contributed by atoms with Gasteiger partial charge in [-0.3, -0.25) is 4.98 Å². The van der Waals surface area contributed by atoms with E-state index >= 15 is 0 Å². The molecule has 96 valence electrons. The van der Waals surface area contributed by atoms with Crippen molar-refractivity contribution in [3.05, 3.63) is 42.4 Å². The lowest BCUT2D eigenvalue weighted by molar-refractivity contribution is 0.260. The van der Waals surface area contributed by atoms with E-state index in [0.29, 0.717) is 11.6 Å². The molecule has 0 amide bonds. The van der Waals surface area contributed by atoms with Crippen LogP contribution in [0, 0.1) is 0 Å². The molecule has 0 fully saturated rings. The zero-order valence-electron chi connectivity index (χ0n) is 10.0. The molecule has 6 nitrogen and oxygen atoms in total. The van der Waals surface area contributed by atoms with Gasteiger partial charge in [-0.05, 0) is 11.5 Å². The predicted molar refractivity (Wildman–Crippen MR) is 69.0 cm³/mol. The summed E-state index contributed by atoms with van der Waals surface area (Å²) in [6.07, 6.45) is 1.69. The number of nitrogens with zero attached hydrogens (tertiary/aromatic N) is 3. The van der Waals surface area contributed by atoms with Crippen LogP contribution in [0.3, 0.4) is 0 Å². The molecule has 0 aliphatic carbocycles. The van der Waals surface area contributed by atoms with E-state index in [1.54, 1.807) is 6.20 Å². The van der Waals surface area contributed by atoms with E-state index < -0.39 is 6.04 Å². The van der Waals surface area contributed by atoms with Gasteiger partial charge in [0.2, 0.25) is 0 Å². The van der Waals surface area contributed by atoms with Gasteiger partial charge in [0.25, 0.3) is 5.89 Å². The van der Waals surface area contributed by atoms with Gasteiger partial charge in [0.1, 0.15) is 5.69 Å². The molecular formula is C13H12N4O2. The van der Waals surface area contributed by atoms with Crippen LogP contribution in [0.5, 0.6) is 0 Å². The fourth-order valence-corrected chi connectivity index (χ4v) is 1.85. The number of benzene rings is 1. The van der Waals surface area contributed by atoms with E-state index in [1.165, 1.54) is 0 Å². The SMILES string of the molecule is NC(CO)c1noc(-c2nccc3ccccc23)n1. The Morgan fingerprint density at radius 2 is 2.11 bits per heavy atom. The molecule has 3 rings (SSSR count). The number of aromatic nitrogens is 3. The topological polar surface area (TPSA) is 98.1 Å². The minimum Gasteiger partial charge on any atom is -0.394 e. The lowest BCUT2D eigenvalue weighted by atomic mass is 10.1. The van der Waals surface area contributed by atoms with Crippen molar-refractivity contribution in [1.29, 1.82) is 0 Å². The van der Waals surface area contributed by atoms with Crippen LogP contribution in [-0.4, -0.2) is 26.8 Å². The minimum atomic E-state index is -0.646. The van der Waals surface area contributed by atoms with Crippen molar-refractivity contribution in [3.8, 4) is 11.6 Å². The first-order valence-electron chi connectivity index (χ1n) is 5.84. The summed E-state index contributed by atoms with van der Waals surface area (Å²) >= 11 is 0. The highest BCUT2D eigenvalue weighted by Gasteiger charge is 2.16. The minimum absolute atomic E-state index is 0.234. The van der Waals surface area contributed by atoms with E-state index in [4.69, 9.17) is 15.4 Å². The molecule has 2 aromatic heterocycles. The van der Waals surface area contributed by atoms with Crippen LogP contribution in [0.15, 0.2) is 41.1 Å². The van der Waals surface area contributed by atoms with Crippen molar-refractivity contribution in [2.24, 2.45) is 5.73 Å². The Hall–Kier alpha value is -2.31. The van der Waals surface area contributed by atoms with Crippen LogP contribution in [0.2, 0.25) is 0 Å². The van der Waals surface area contributed by atoms with Crippen LogP contribution in [0.1, 0.15) is 11.9 Å².